The normalized spacial score (nSPS) is 20.2. The Balaban J connectivity index is 1.33. The number of carbonyl (C=O) groups is 1. The number of carbonyl (C=O) groups excluding carboxylic acids is 1. The van der Waals surface area contributed by atoms with Gasteiger partial charge in [-0.15, -0.1) is 0 Å². The molecular weight excluding hydrogens is 488 g/mol. The van der Waals surface area contributed by atoms with E-state index in [1.807, 2.05) is 45.2 Å². The molecule has 1 amide bonds. The highest BCUT2D eigenvalue weighted by atomic mass is 35.5. The number of rotatable bonds is 7. The number of anilines is 3. The topological polar surface area (TPSA) is 89.5 Å². The van der Waals surface area contributed by atoms with E-state index in [0.29, 0.717) is 11.1 Å². The van der Waals surface area contributed by atoms with Gasteiger partial charge in [0.05, 0.1) is 11.7 Å². The lowest BCUT2D eigenvalue weighted by Gasteiger charge is -2.38. The lowest BCUT2D eigenvalue weighted by molar-refractivity contribution is -0.126. The van der Waals surface area contributed by atoms with E-state index in [1.54, 1.807) is 12.4 Å². The van der Waals surface area contributed by atoms with Crippen LogP contribution < -0.4 is 20.4 Å². The minimum atomic E-state index is -0.486. The quantitative estimate of drug-likeness (QED) is 0.563. The number of hydrogen-bond acceptors (Lipinski definition) is 8. The zero-order chi connectivity index (χ0) is 26.6. The van der Waals surface area contributed by atoms with Crippen molar-refractivity contribution in [3.8, 4) is 0 Å². The largest absolute Gasteiger partial charge is 0.355 e. The van der Waals surface area contributed by atoms with E-state index in [9.17, 15) is 4.79 Å². The van der Waals surface area contributed by atoms with E-state index < -0.39 is 5.54 Å². The van der Waals surface area contributed by atoms with Crippen LogP contribution in [-0.2, 0) is 4.79 Å². The van der Waals surface area contributed by atoms with Gasteiger partial charge in [0.25, 0.3) is 0 Å². The number of hydrogen-bond donors (Lipinski definition) is 2. The number of nitrogens with one attached hydrogen (secondary N) is 2. The molecule has 1 atom stereocenters. The van der Waals surface area contributed by atoms with Crippen LogP contribution in [0.3, 0.4) is 0 Å². The Labute approximate surface area is 225 Å². The van der Waals surface area contributed by atoms with Crippen LogP contribution in [0, 0.1) is 5.92 Å². The molecule has 10 heteroatoms. The standard InChI is InChI=1S/C27H39ClN8O/c1-19(16-30-23-8-6-7-11-29-23)27(3,4)33-25(37)21-9-12-35(13-10-21)24-22(28)17-31-26(32-24)36-15-14-34(5)20(2)18-36/h6-8,11,16-17,20-21H,9-10,12-15,18H2,1-5H3,(H,29,30)(H,33,37)/b19-16+/t20-/m1/s1. The van der Waals surface area contributed by atoms with Gasteiger partial charge in [-0.1, -0.05) is 17.7 Å². The lowest BCUT2D eigenvalue weighted by Crippen LogP contribution is -2.50. The maximum absolute atomic E-state index is 13.2. The number of nitrogens with zero attached hydrogens (tertiary/aromatic N) is 6. The third-order valence-corrected chi connectivity index (χ3v) is 7.91. The Morgan fingerprint density at radius 2 is 1.89 bits per heavy atom. The molecule has 2 N–H and O–H groups in total. The van der Waals surface area contributed by atoms with Gasteiger partial charge < -0.3 is 25.3 Å². The van der Waals surface area contributed by atoms with E-state index in [0.717, 1.165) is 68.7 Å². The Morgan fingerprint density at radius 1 is 1.14 bits per heavy atom. The summed E-state index contributed by atoms with van der Waals surface area (Å²) in [6.45, 7) is 12.5. The first-order valence-electron chi connectivity index (χ1n) is 13.0. The highest BCUT2D eigenvalue weighted by Crippen LogP contribution is 2.30. The first-order valence-corrected chi connectivity index (χ1v) is 13.4. The van der Waals surface area contributed by atoms with Crippen LogP contribution in [0.5, 0.6) is 0 Å². The molecule has 0 unspecified atom stereocenters. The predicted octanol–water partition coefficient (Wildman–Crippen LogP) is 3.79. The molecule has 4 rings (SSSR count). The van der Waals surface area contributed by atoms with Crippen molar-refractivity contribution >= 4 is 35.1 Å². The van der Waals surface area contributed by atoms with Crippen LogP contribution in [0.25, 0.3) is 0 Å². The summed E-state index contributed by atoms with van der Waals surface area (Å²) in [4.78, 5) is 33.6. The molecule has 2 aliphatic rings. The third-order valence-electron chi connectivity index (χ3n) is 7.64. The van der Waals surface area contributed by atoms with Gasteiger partial charge in [-0.3, -0.25) is 4.79 Å². The maximum atomic E-state index is 13.2. The molecule has 0 saturated carbocycles. The molecule has 0 aliphatic carbocycles. The number of halogens is 1. The van der Waals surface area contributed by atoms with Crippen LogP contribution >= 0.6 is 11.6 Å². The molecular formula is C27H39ClN8O. The van der Waals surface area contributed by atoms with E-state index in [2.05, 4.69) is 49.3 Å². The summed E-state index contributed by atoms with van der Waals surface area (Å²) < 4.78 is 0. The molecule has 0 bridgehead atoms. The number of aromatic nitrogens is 3. The van der Waals surface area contributed by atoms with E-state index >= 15 is 0 Å². The van der Waals surface area contributed by atoms with Crippen molar-refractivity contribution in [1.82, 2.24) is 25.2 Å². The Bertz CT molecular complexity index is 1100. The molecule has 0 aromatic carbocycles. The fourth-order valence-corrected chi connectivity index (χ4v) is 4.84. The molecule has 9 nitrogen and oxygen atoms in total. The molecule has 0 radical (unpaired) electrons. The zero-order valence-electron chi connectivity index (χ0n) is 22.5. The van der Waals surface area contributed by atoms with Gasteiger partial charge in [0, 0.05) is 57.1 Å². The second kappa shape index (κ2) is 11.6. The Hall–Kier alpha value is -2.91. The molecule has 2 saturated heterocycles. The average Bonchev–Trinajstić information content (AvgIpc) is 2.89. The van der Waals surface area contributed by atoms with E-state index in [-0.39, 0.29) is 11.8 Å². The van der Waals surface area contributed by atoms with E-state index in [1.165, 1.54) is 0 Å². The van der Waals surface area contributed by atoms with Crippen molar-refractivity contribution < 1.29 is 4.79 Å². The van der Waals surface area contributed by atoms with Gasteiger partial charge in [-0.2, -0.15) is 4.98 Å². The van der Waals surface area contributed by atoms with Crippen molar-refractivity contribution in [2.45, 2.75) is 52.1 Å². The van der Waals surface area contributed by atoms with Crippen LogP contribution in [-0.4, -0.2) is 77.1 Å². The molecule has 2 aromatic rings. The molecule has 2 aromatic heterocycles. The third kappa shape index (κ3) is 6.70. The smallest absolute Gasteiger partial charge is 0.227 e. The Kier molecular flexibility index (Phi) is 8.54. The molecule has 4 heterocycles. The van der Waals surface area contributed by atoms with Gasteiger partial charge in [-0.25, -0.2) is 9.97 Å². The molecule has 2 aliphatic heterocycles. The van der Waals surface area contributed by atoms with Crippen LogP contribution in [0.2, 0.25) is 5.02 Å². The maximum Gasteiger partial charge on any atom is 0.227 e. The second-order valence-electron chi connectivity index (χ2n) is 10.7. The summed E-state index contributed by atoms with van der Waals surface area (Å²) in [6, 6.07) is 6.16. The van der Waals surface area contributed by atoms with Crippen LogP contribution in [0.15, 0.2) is 42.4 Å². The summed E-state index contributed by atoms with van der Waals surface area (Å²) in [6.07, 6.45) is 6.85. The van der Waals surface area contributed by atoms with Crippen LogP contribution in [0.4, 0.5) is 17.6 Å². The molecule has 2 fully saturated rings. The number of pyridine rings is 1. The summed E-state index contributed by atoms with van der Waals surface area (Å²) >= 11 is 6.53. The summed E-state index contributed by atoms with van der Waals surface area (Å²) in [7, 11) is 2.15. The van der Waals surface area contributed by atoms with Gasteiger partial charge in [0.15, 0.2) is 5.82 Å². The van der Waals surface area contributed by atoms with Crippen molar-refractivity contribution in [3.05, 3.63) is 47.4 Å². The van der Waals surface area contributed by atoms with Crippen molar-refractivity contribution in [2.24, 2.45) is 5.92 Å². The lowest BCUT2D eigenvalue weighted by atomic mass is 9.91. The monoisotopic (exact) mass is 526 g/mol. The van der Waals surface area contributed by atoms with Crippen LogP contribution in [0.1, 0.15) is 40.5 Å². The Morgan fingerprint density at radius 3 is 2.57 bits per heavy atom. The molecule has 200 valence electrons. The first-order chi connectivity index (χ1) is 17.6. The number of likely N-dealkylation sites (N-methyl/N-ethyl adjacent to an activating group) is 1. The minimum Gasteiger partial charge on any atom is -0.355 e. The summed E-state index contributed by atoms with van der Waals surface area (Å²) in [5, 5.41) is 7.00. The van der Waals surface area contributed by atoms with Crippen molar-refractivity contribution in [2.75, 3.05) is 54.9 Å². The summed E-state index contributed by atoms with van der Waals surface area (Å²) in [5.41, 5.74) is 0.531. The zero-order valence-corrected chi connectivity index (χ0v) is 23.3. The van der Waals surface area contributed by atoms with E-state index in [4.69, 9.17) is 16.6 Å². The fraction of sp³-hybridized carbons (Fsp3) is 0.556. The van der Waals surface area contributed by atoms with Crippen molar-refractivity contribution in [3.63, 3.8) is 0 Å². The minimum absolute atomic E-state index is 0.0503. The van der Waals surface area contributed by atoms with Gasteiger partial charge in [0.1, 0.15) is 10.8 Å². The fourth-order valence-electron chi connectivity index (χ4n) is 4.63. The highest BCUT2D eigenvalue weighted by molar-refractivity contribution is 6.32. The highest BCUT2D eigenvalue weighted by Gasteiger charge is 2.31. The second-order valence-corrected chi connectivity index (χ2v) is 11.1. The van der Waals surface area contributed by atoms with Gasteiger partial charge in [0.2, 0.25) is 11.9 Å². The number of piperidine rings is 1. The number of amides is 1. The predicted molar refractivity (Wildman–Crippen MR) is 150 cm³/mol. The summed E-state index contributed by atoms with van der Waals surface area (Å²) in [5.74, 6) is 2.28. The first kappa shape index (κ1) is 27.1. The number of piperazine rings is 1. The SMILES string of the molecule is C/C(=C\Nc1ccccn1)C(C)(C)NC(=O)C1CCN(c2nc(N3CCN(C)[C@H](C)C3)ncc2Cl)CC1. The average molecular weight is 527 g/mol. The molecule has 0 spiro atoms. The van der Waals surface area contributed by atoms with Gasteiger partial charge in [-0.05, 0) is 65.3 Å². The van der Waals surface area contributed by atoms with Gasteiger partial charge >= 0.3 is 0 Å². The molecule has 37 heavy (non-hydrogen) atoms. The van der Waals surface area contributed by atoms with Crippen molar-refractivity contribution in [1.29, 1.82) is 0 Å².